The Morgan fingerprint density at radius 1 is 0.800 bits per heavy atom. The number of benzene rings is 3. The average molecular weight is 326 g/mol. The maximum atomic E-state index is 6.00. The third kappa shape index (κ3) is 3.45. The highest BCUT2D eigenvalue weighted by Gasteiger charge is 2.03. The van der Waals surface area contributed by atoms with Gasteiger partial charge in [0.25, 0.3) is 0 Å². The number of para-hydroxylation sites is 2. The highest BCUT2D eigenvalue weighted by atomic mass is 16.5. The second kappa shape index (κ2) is 7.05. The number of nitrogens with one attached hydrogen (secondary N) is 1. The number of nitrogens with zero attached hydrogens (tertiary/aromatic N) is 1. The Kier molecular flexibility index (Phi) is 4.29. The van der Waals surface area contributed by atoms with Gasteiger partial charge < -0.3 is 4.74 Å². The molecule has 4 rings (SSSR count). The summed E-state index contributed by atoms with van der Waals surface area (Å²) in [6.45, 7) is 0.553. The first-order valence-corrected chi connectivity index (χ1v) is 8.27. The van der Waals surface area contributed by atoms with Crippen LogP contribution in [0.25, 0.3) is 23.1 Å². The summed E-state index contributed by atoms with van der Waals surface area (Å²) in [5.74, 6) is 0.863. The zero-order valence-corrected chi connectivity index (χ0v) is 13.7. The van der Waals surface area contributed by atoms with Crippen molar-refractivity contribution in [3.63, 3.8) is 0 Å². The molecule has 122 valence electrons. The summed E-state index contributed by atoms with van der Waals surface area (Å²) >= 11 is 0. The molecular weight excluding hydrogens is 308 g/mol. The van der Waals surface area contributed by atoms with Crippen molar-refractivity contribution in [3.8, 4) is 5.75 Å². The molecule has 0 saturated carbocycles. The molecule has 0 spiro atoms. The summed E-state index contributed by atoms with van der Waals surface area (Å²) in [6, 6.07) is 26.3. The smallest absolute Gasteiger partial charge is 0.127 e. The van der Waals surface area contributed by atoms with Gasteiger partial charge in [0.2, 0.25) is 0 Å². The van der Waals surface area contributed by atoms with Crippen molar-refractivity contribution in [2.75, 3.05) is 0 Å². The van der Waals surface area contributed by atoms with E-state index in [1.165, 1.54) is 0 Å². The Labute approximate surface area is 146 Å². The van der Waals surface area contributed by atoms with Crippen LogP contribution >= 0.6 is 0 Å². The predicted molar refractivity (Wildman–Crippen MR) is 102 cm³/mol. The van der Waals surface area contributed by atoms with E-state index in [-0.39, 0.29) is 0 Å². The van der Waals surface area contributed by atoms with Crippen molar-refractivity contribution >= 4 is 23.1 Å². The Morgan fingerprint density at radius 3 is 2.48 bits per heavy atom. The van der Waals surface area contributed by atoms with E-state index in [9.17, 15) is 0 Å². The first-order chi connectivity index (χ1) is 12.4. The van der Waals surface area contributed by atoms with Crippen molar-refractivity contribution in [2.24, 2.45) is 0 Å². The molecule has 0 atom stereocenters. The van der Waals surface area contributed by atoms with E-state index in [1.54, 1.807) is 0 Å². The number of hydrogen-bond donors (Lipinski definition) is 1. The lowest BCUT2D eigenvalue weighted by Gasteiger charge is -2.09. The van der Waals surface area contributed by atoms with Crippen LogP contribution in [-0.2, 0) is 6.61 Å². The zero-order chi connectivity index (χ0) is 16.9. The molecule has 1 heterocycles. The number of aromatic amines is 1. The van der Waals surface area contributed by atoms with E-state index in [0.717, 1.165) is 33.5 Å². The fourth-order valence-corrected chi connectivity index (χ4v) is 2.77. The SMILES string of the molecule is C(=Cc1n[nH]c2ccccc12)c1ccccc1OCc1ccccc1. The Balaban J connectivity index is 1.56. The number of rotatable bonds is 5. The maximum absolute atomic E-state index is 6.00. The minimum Gasteiger partial charge on any atom is -0.488 e. The summed E-state index contributed by atoms with van der Waals surface area (Å²) < 4.78 is 6.00. The molecule has 3 heteroatoms. The standard InChI is InChI=1S/C22H18N2O/c1-2-8-17(9-3-1)16-25-22-13-7-4-10-18(22)14-15-21-19-11-5-6-12-20(19)23-24-21/h1-15H,16H2,(H,23,24). The minimum atomic E-state index is 0.553. The number of hydrogen-bond acceptors (Lipinski definition) is 2. The second-order valence-corrected chi connectivity index (χ2v) is 5.80. The van der Waals surface area contributed by atoms with Gasteiger partial charge in [-0.1, -0.05) is 66.7 Å². The van der Waals surface area contributed by atoms with Crippen LogP contribution in [-0.4, -0.2) is 10.2 Å². The summed E-state index contributed by atoms with van der Waals surface area (Å²) in [6.07, 6.45) is 4.06. The van der Waals surface area contributed by atoms with Gasteiger partial charge in [-0.25, -0.2) is 0 Å². The zero-order valence-electron chi connectivity index (χ0n) is 13.7. The molecule has 0 amide bonds. The van der Waals surface area contributed by atoms with Crippen LogP contribution < -0.4 is 4.74 Å². The molecule has 0 saturated heterocycles. The van der Waals surface area contributed by atoms with Crippen LogP contribution in [0.1, 0.15) is 16.8 Å². The van der Waals surface area contributed by atoms with E-state index in [2.05, 4.69) is 28.4 Å². The van der Waals surface area contributed by atoms with Gasteiger partial charge in [0.15, 0.2) is 0 Å². The van der Waals surface area contributed by atoms with E-state index in [4.69, 9.17) is 4.74 Å². The van der Waals surface area contributed by atoms with Gasteiger partial charge in [0.05, 0.1) is 11.2 Å². The van der Waals surface area contributed by atoms with E-state index >= 15 is 0 Å². The average Bonchev–Trinajstić information content (AvgIpc) is 3.09. The van der Waals surface area contributed by atoms with Crippen LogP contribution in [0, 0.1) is 0 Å². The van der Waals surface area contributed by atoms with Crippen LogP contribution in [0.5, 0.6) is 5.75 Å². The molecule has 25 heavy (non-hydrogen) atoms. The normalized spacial score (nSPS) is 11.2. The third-order valence-corrected chi connectivity index (χ3v) is 4.08. The molecule has 0 bridgehead atoms. The van der Waals surface area contributed by atoms with E-state index < -0.39 is 0 Å². The number of ether oxygens (including phenoxy) is 1. The predicted octanol–water partition coefficient (Wildman–Crippen LogP) is 5.31. The van der Waals surface area contributed by atoms with E-state index in [1.807, 2.05) is 72.8 Å². The van der Waals surface area contributed by atoms with E-state index in [0.29, 0.717) is 6.61 Å². The van der Waals surface area contributed by atoms with Crippen molar-refractivity contribution in [3.05, 3.63) is 95.7 Å². The lowest BCUT2D eigenvalue weighted by molar-refractivity contribution is 0.305. The van der Waals surface area contributed by atoms with Crippen LogP contribution in [0.3, 0.4) is 0 Å². The summed E-state index contributed by atoms with van der Waals surface area (Å²) in [5, 5.41) is 8.55. The second-order valence-electron chi connectivity index (χ2n) is 5.80. The highest BCUT2D eigenvalue weighted by Crippen LogP contribution is 2.23. The largest absolute Gasteiger partial charge is 0.488 e. The topological polar surface area (TPSA) is 37.9 Å². The monoisotopic (exact) mass is 326 g/mol. The Hall–Kier alpha value is -3.33. The molecule has 1 N–H and O–H groups in total. The molecule has 0 aliphatic rings. The third-order valence-electron chi connectivity index (χ3n) is 4.08. The molecular formula is C22H18N2O. The molecule has 1 aromatic heterocycles. The van der Waals surface area contributed by atoms with Crippen molar-refractivity contribution in [1.82, 2.24) is 10.2 Å². The number of H-pyrrole nitrogens is 1. The molecule has 0 radical (unpaired) electrons. The fraction of sp³-hybridized carbons (Fsp3) is 0.0455. The molecule has 0 unspecified atom stereocenters. The summed E-state index contributed by atoms with van der Waals surface area (Å²) in [5.41, 5.74) is 4.15. The van der Waals surface area contributed by atoms with Crippen molar-refractivity contribution in [2.45, 2.75) is 6.61 Å². The van der Waals surface area contributed by atoms with Gasteiger partial charge in [0, 0.05) is 10.9 Å². The summed E-state index contributed by atoms with van der Waals surface area (Å²) in [7, 11) is 0. The number of aromatic nitrogens is 2. The maximum Gasteiger partial charge on any atom is 0.127 e. The quantitative estimate of drug-likeness (QED) is 0.539. The van der Waals surface area contributed by atoms with Gasteiger partial charge in [-0.15, -0.1) is 0 Å². The van der Waals surface area contributed by atoms with Gasteiger partial charge in [-0.2, -0.15) is 5.10 Å². The molecule has 0 aliphatic heterocycles. The molecule has 3 nitrogen and oxygen atoms in total. The number of fused-ring (bicyclic) bond motifs is 1. The first-order valence-electron chi connectivity index (χ1n) is 8.27. The van der Waals surface area contributed by atoms with Gasteiger partial charge in [-0.05, 0) is 29.8 Å². The molecule has 3 aromatic carbocycles. The van der Waals surface area contributed by atoms with Crippen molar-refractivity contribution < 1.29 is 4.74 Å². The van der Waals surface area contributed by atoms with Gasteiger partial charge in [-0.3, -0.25) is 5.10 Å². The minimum absolute atomic E-state index is 0.553. The molecule has 4 aromatic rings. The summed E-state index contributed by atoms with van der Waals surface area (Å²) in [4.78, 5) is 0. The molecule has 0 aliphatic carbocycles. The lowest BCUT2D eigenvalue weighted by Crippen LogP contribution is -1.96. The highest BCUT2D eigenvalue weighted by molar-refractivity contribution is 5.89. The Bertz CT molecular complexity index is 1000. The van der Waals surface area contributed by atoms with Crippen LogP contribution in [0.4, 0.5) is 0 Å². The lowest BCUT2D eigenvalue weighted by atomic mass is 10.1. The first kappa shape index (κ1) is 15.2. The Morgan fingerprint density at radius 2 is 1.56 bits per heavy atom. The van der Waals surface area contributed by atoms with Gasteiger partial charge >= 0.3 is 0 Å². The van der Waals surface area contributed by atoms with Gasteiger partial charge in [0.1, 0.15) is 12.4 Å². The van der Waals surface area contributed by atoms with Crippen LogP contribution in [0.15, 0.2) is 78.9 Å². The fourth-order valence-electron chi connectivity index (χ4n) is 2.77. The van der Waals surface area contributed by atoms with Crippen molar-refractivity contribution in [1.29, 1.82) is 0 Å². The van der Waals surface area contributed by atoms with Crippen LogP contribution in [0.2, 0.25) is 0 Å². The molecule has 0 fully saturated rings.